The number of hydrogen-bond donors (Lipinski definition) is 1. The molecular weight excluding hydrogens is 442 g/mol. The molecule has 11 nitrogen and oxygen atoms in total. The molecule has 1 atom stereocenters. The van der Waals surface area contributed by atoms with Gasteiger partial charge < -0.3 is 19.7 Å². The number of anilines is 2. The smallest absolute Gasteiger partial charge is 0.416 e. The van der Waals surface area contributed by atoms with Crippen LogP contribution in [0.25, 0.3) is 0 Å². The summed E-state index contributed by atoms with van der Waals surface area (Å²) in [6.45, 7) is 12.2. The Balaban J connectivity index is 1.91. The van der Waals surface area contributed by atoms with Crippen molar-refractivity contribution < 1.29 is 24.0 Å². The van der Waals surface area contributed by atoms with Crippen molar-refractivity contribution in [3.05, 3.63) is 21.9 Å². The van der Waals surface area contributed by atoms with E-state index in [1.54, 1.807) is 41.5 Å². The number of aromatic nitrogens is 1. The molecule has 1 fully saturated rings. The number of carbonyl (C=O) groups excluding carboxylic acids is 2. The fourth-order valence-electron chi connectivity index (χ4n) is 4.26. The summed E-state index contributed by atoms with van der Waals surface area (Å²) < 4.78 is 10.9. The zero-order valence-electron chi connectivity index (χ0n) is 20.8. The van der Waals surface area contributed by atoms with Crippen LogP contribution in [0.5, 0.6) is 0 Å². The molecule has 2 amide bonds. The summed E-state index contributed by atoms with van der Waals surface area (Å²) in [6.07, 6.45) is 2.84. The lowest BCUT2D eigenvalue weighted by Gasteiger charge is -2.37. The number of fused-ring (bicyclic) bond motifs is 1. The molecule has 0 saturated carbocycles. The summed E-state index contributed by atoms with van der Waals surface area (Å²) in [6, 6.07) is -0.224. The van der Waals surface area contributed by atoms with Crippen molar-refractivity contribution in [1.82, 2.24) is 10.3 Å². The summed E-state index contributed by atoms with van der Waals surface area (Å²) in [7, 11) is 0. The van der Waals surface area contributed by atoms with Gasteiger partial charge >= 0.3 is 17.9 Å². The Hall–Kier alpha value is -3.11. The van der Waals surface area contributed by atoms with Crippen molar-refractivity contribution in [3.63, 3.8) is 0 Å². The first-order valence-electron chi connectivity index (χ1n) is 11.7. The molecule has 3 heterocycles. The molecule has 1 aromatic rings. The lowest BCUT2D eigenvalue weighted by molar-refractivity contribution is -0.384. The molecule has 0 aliphatic carbocycles. The van der Waals surface area contributed by atoms with Crippen LogP contribution in [0.3, 0.4) is 0 Å². The van der Waals surface area contributed by atoms with Crippen molar-refractivity contribution >= 4 is 29.4 Å². The van der Waals surface area contributed by atoms with Gasteiger partial charge in [-0.25, -0.2) is 14.6 Å². The zero-order valence-corrected chi connectivity index (χ0v) is 20.8. The van der Waals surface area contributed by atoms with Gasteiger partial charge in [-0.05, 0) is 67.2 Å². The highest BCUT2D eigenvalue weighted by Crippen LogP contribution is 2.41. The van der Waals surface area contributed by atoms with Crippen LogP contribution in [-0.4, -0.2) is 59.0 Å². The van der Waals surface area contributed by atoms with Gasteiger partial charge in [-0.15, -0.1) is 0 Å². The van der Waals surface area contributed by atoms with Crippen LogP contribution in [0.1, 0.15) is 66.4 Å². The van der Waals surface area contributed by atoms with Crippen molar-refractivity contribution in [2.45, 2.75) is 84.5 Å². The van der Waals surface area contributed by atoms with E-state index in [0.717, 1.165) is 12.8 Å². The predicted molar refractivity (Wildman–Crippen MR) is 127 cm³/mol. The summed E-state index contributed by atoms with van der Waals surface area (Å²) in [5, 5.41) is 14.8. The lowest BCUT2D eigenvalue weighted by Crippen LogP contribution is -2.49. The number of nitrogens with one attached hydrogen (secondary N) is 1. The number of nitrogens with zero attached hydrogens (tertiary/aromatic N) is 4. The molecule has 0 spiro atoms. The third kappa shape index (κ3) is 6.27. The maximum absolute atomic E-state index is 12.8. The third-order valence-corrected chi connectivity index (χ3v) is 5.44. The fraction of sp³-hybridized carbons (Fsp3) is 0.696. The predicted octanol–water partition coefficient (Wildman–Crippen LogP) is 4.17. The largest absolute Gasteiger partial charge is 0.444 e. The van der Waals surface area contributed by atoms with Crippen LogP contribution in [0, 0.1) is 10.1 Å². The molecular formula is C23H35N5O6. The van der Waals surface area contributed by atoms with Crippen LogP contribution in [0.15, 0.2) is 6.20 Å². The van der Waals surface area contributed by atoms with E-state index in [4.69, 9.17) is 9.47 Å². The molecule has 188 valence electrons. The van der Waals surface area contributed by atoms with E-state index in [0.29, 0.717) is 49.5 Å². The molecule has 2 aliphatic heterocycles. The van der Waals surface area contributed by atoms with E-state index in [2.05, 4.69) is 10.3 Å². The standard InChI is InChI=1S/C23H35N5O6/c1-22(2,3)33-20(29)25-15-9-7-11-26(14-15)18-16-10-8-12-27(21(30)34-23(4,5)6)19(16)24-13-17(18)28(31)32/h13,15H,7-12,14H2,1-6H3,(H,25,29)/t15-/m0/s1. The molecule has 0 radical (unpaired) electrons. The minimum atomic E-state index is -0.675. The van der Waals surface area contributed by atoms with Crippen LogP contribution in [0.2, 0.25) is 0 Å². The van der Waals surface area contributed by atoms with Gasteiger partial charge in [-0.3, -0.25) is 15.0 Å². The molecule has 1 saturated heterocycles. The van der Waals surface area contributed by atoms with Gasteiger partial charge in [0.05, 0.1) is 4.92 Å². The number of alkyl carbamates (subject to hydrolysis) is 1. The first-order chi connectivity index (χ1) is 15.7. The Morgan fingerprint density at radius 1 is 1.12 bits per heavy atom. The van der Waals surface area contributed by atoms with Crippen molar-refractivity contribution in [2.75, 3.05) is 29.4 Å². The highest BCUT2D eigenvalue weighted by molar-refractivity contribution is 5.90. The number of amides is 2. The summed E-state index contributed by atoms with van der Waals surface area (Å²) in [4.78, 5) is 44.3. The van der Waals surface area contributed by atoms with Gasteiger partial charge in [0, 0.05) is 31.2 Å². The van der Waals surface area contributed by atoms with Gasteiger partial charge in [0.2, 0.25) is 0 Å². The second-order valence-corrected chi connectivity index (χ2v) is 10.7. The van der Waals surface area contributed by atoms with E-state index < -0.39 is 28.3 Å². The molecule has 3 rings (SSSR count). The number of hydrogen-bond acceptors (Lipinski definition) is 8. The second kappa shape index (κ2) is 9.63. The molecule has 1 N–H and O–H groups in total. The van der Waals surface area contributed by atoms with Crippen LogP contribution in [0.4, 0.5) is 26.8 Å². The molecule has 1 aromatic heterocycles. The van der Waals surface area contributed by atoms with Crippen LogP contribution < -0.4 is 15.1 Å². The average molecular weight is 478 g/mol. The Morgan fingerprint density at radius 2 is 1.79 bits per heavy atom. The van der Waals surface area contributed by atoms with Crippen LogP contribution in [-0.2, 0) is 15.9 Å². The quantitative estimate of drug-likeness (QED) is 0.507. The van der Waals surface area contributed by atoms with Gasteiger partial charge in [0.15, 0.2) is 0 Å². The number of piperidine rings is 1. The first-order valence-corrected chi connectivity index (χ1v) is 11.7. The molecule has 2 aliphatic rings. The van der Waals surface area contributed by atoms with Gasteiger partial charge in [-0.2, -0.15) is 0 Å². The Bertz CT molecular complexity index is 952. The van der Waals surface area contributed by atoms with Gasteiger partial charge in [-0.1, -0.05) is 0 Å². The van der Waals surface area contributed by atoms with Crippen molar-refractivity contribution in [2.24, 2.45) is 0 Å². The highest BCUT2D eigenvalue weighted by Gasteiger charge is 2.36. The fourth-order valence-corrected chi connectivity index (χ4v) is 4.26. The molecule has 0 aromatic carbocycles. The summed E-state index contributed by atoms with van der Waals surface area (Å²) in [5.41, 5.74) is -0.288. The summed E-state index contributed by atoms with van der Waals surface area (Å²) >= 11 is 0. The number of rotatable bonds is 3. The second-order valence-electron chi connectivity index (χ2n) is 10.7. The average Bonchev–Trinajstić information content (AvgIpc) is 2.69. The number of carbonyl (C=O) groups is 2. The monoisotopic (exact) mass is 477 g/mol. The Kier molecular flexibility index (Phi) is 7.23. The lowest BCUT2D eigenvalue weighted by atomic mass is 9.99. The van der Waals surface area contributed by atoms with E-state index in [9.17, 15) is 19.7 Å². The minimum absolute atomic E-state index is 0.109. The van der Waals surface area contributed by atoms with Crippen LogP contribution >= 0.6 is 0 Å². The van der Waals surface area contributed by atoms with Gasteiger partial charge in [0.25, 0.3) is 0 Å². The summed E-state index contributed by atoms with van der Waals surface area (Å²) in [5.74, 6) is 0.392. The first kappa shape index (κ1) is 25.5. The molecule has 0 bridgehead atoms. The maximum Gasteiger partial charge on any atom is 0.416 e. The number of pyridine rings is 1. The Labute approximate surface area is 199 Å². The van der Waals surface area contributed by atoms with Crippen molar-refractivity contribution in [1.29, 1.82) is 0 Å². The van der Waals surface area contributed by atoms with E-state index in [1.807, 2.05) is 4.90 Å². The van der Waals surface area contributed by atoms with Gasteiger partial charge in [0.1, 0.15) is 28.9 Å². The molecule has 0 unspecified atom stereocenters. The zero-order chi connectivity index (χ0) is 25.3. The number of ether oxygens (including phenoxy) is 2. The third-order valence-electron chi connectivity index (χ3n) is 5.44. The van der Waals surface area contributed by atoms with E-state index in [1.165, 1.54) is 11.1 Å². The SMILES string of the molecule is CC(C)(C)OC(=O)N[C@H]1CCCN(c2c([N+](=O)[O-])cnc3c2CCCN3C(=O)OC(C)(C)C)C1. The number of nitro groups is 1. The molecule has 34 heavy (non-hydrogen) atoms. The molecule has 11 heteroatoms. The maximum atomic E-state index is 12.8. The highest BCUT2D eigenvalue weighted by atomic mass is 16.6. The minimum Gasteiger partial charge on any atom is -0.444 e. The van der Waals surface area contributed by atoms with E-state index in [-0.39, 0.29) is 11.7 Å². The Morgan fingerprint density at radius 3 is 2.41 bits per heavy atom. The van der Waals surface area contributed by atoms with Crippen molar-refractivity contribution in [3.8, 4) is 0 Å². The van der Waals surface area contributed by atoms with E-state index >= 15 is 0 Å². The topological polar surface area (TPSA) is 127 Å². The normalized spacial score (nSPS) is 18.7.